The van der Waals surface area contributed by atoms with E-state index in [2.05, 4.69) is 17.3 Å². The van der Waals surface area contributed by atoms with Crippen LogP contribution in [0, 0.1) is 11.7 Å². The van der Waals surface area contributed by atoms with Gasteiger partial charge in [0.25, 0.3) is 5.91 Å². The molecule has 1 amide bonds. The summed E-state index contributed by atoms with van der Waals surface area (Å²) >= 11 is 0. The highest BCUT2D eigenvalue weighted by molar-refractivity contribution is 5.99. The number of nitrogens with one attached hydrogen (secondary N) is 1. The largest absolute Gasteiger partial charge is 0.385 e. The second kappa shape index (κ2) is 6.22. The van der Waals surface area contributed by atoms with Crippen molar-refractivity contribution in [1.82, 2.24) is 9.80 Å². The summed E-state index contributed by atoms with van der Waals surface area (Å²) in [6.07, 6.45) is 1.11. The highest BCUT2D eigenvalue weighted by Gasteiger charge is 2.24. The molecule has 1 fully saturated rings. The smallest absolute Gasteiger partial charge is 0.255 e. The predicted molar refractivity (Wildman–Crippen MR) is 78.5 cm³/mol. The molecule has 20 heavy (non-hydrogen) atoms. The van der Waals surface area contributed by atoms with E-state index in [-0.39, 0.29) is 11.6 Å². The summed E-state index contributed by atoms with van der Waals surface area (Å²) in [4.78, 5) is 16.4. The lowest BCUT2D eigenvalue weighted by molar-refractivity contribution is 0.0774. The Kier molecular flexibility index (Phi) is 4.60. The third-order valence-electron chi connectivity index (χ3n) is 3.86. The van der Waals surface area contributed by atoms with Crippen molar-refractivity contribution in [2.75, 3.05) is 46.1 Å². The molecule has 1 aliphatic heterocycles. The number of amides is 1. The number of likely N-dealkylation sites (tertiary alicyclic amines) is 1. The molecule has 1 atom stereocenters. The molecule has 5 heteroatoms. The van der Waals surface area contributed by atoms with Gasteiger partial charge in [-0.3, -0.25) is 4.79 Å². The number of para-hydroxylation sites is 1. The summed E-state index contributed by atoms with van der Waals surface area (Å²) < 4.78 is 13.7. The standard InChI is InChI=1S/C15H22FN3O/c1-17-14-12(5-4-6-13(14)16)15(20)19(3)10-11-7-8-18(2)9-11/h4-6,11,17H,7-10H2,1-3H3. The van der Waals surface area contributed by atoms with E-state index in [1.165, 1.54) is 6.07 Å². The number of hydrogen-bond donors (Lipinski definition) is 1. The third kappa shape index (κ3) is 3.10. The van der Waals surface area contributed by atoms with Crippen molar-refractivity contribution in [3.8, 4) is 0 Å². The molecule has 4 nitrogen and oxygen atoms in total. The number of carbonyl (C=O) groups excluding carboxylic acids is 1. The Bertz CT molecular complexity index is 492. The lowest BCUT2D eigenvalue weighted by Crippen LogP contribution is -2.33. The first kappa shape index (κ1) is 14.8. The van der Waals surface area contributed by atoms with Gasteiger partial charge in [0.05, 0.1) is 11.3 Å². The number of nitrogens with zero attached hydrogens (tertiary/aromatic N) is 2. The van der Waals surface area contributed by atoms with E-state index in [0.717, 1.165) is 19.5 Å². The fraction of sp³-hybridized carbons (Fsp3) is 0.533. The van der Waals surface area contributed by atoms with Gasteiger partial charge in [0.1, 0.15) is 5.82 Å². The Labute approximate surface area is 119 Å². The zero-order valence-electron chi connectivity index (χ0n) is 12.3. The van der Waals surface area contributed by atoms with Crippen molar-refractivity contribution in [2.24, 2.45) is 5.92 Å². The molecule has 110 valence electrons. The second-order valence-electron chi connectivity index (χ2n) is 5.52. The molecular formula is C15H22FN3O. The van der Waals surface area contributed by atoms with Gasteiger partial charge in [0.2, 0.25) is 0 Å². The second-order valence-corrected chi connectivity index (χ2v) is 5.52. The Morgan fingerprint density at radius 3 is 2.90 bits per heavy atom. The molecule has 1 saturated heterocycles. The molecule has 0 aliphatic carbocycles. The van der Waals surface area contributed by atoms with Crippen molar-refractivity contribution in [1.29, 1.82) is 0 Å². The molecule has 1 N–H and O–H groups in total. The minimum absolute atomic E-state index is 0.136. The maximum Gasteiger partial charge on any atom is 0.255 e. The summed E-state index contributed by atoms with van der Waals surface area (Å²) in [6.45, 7) is 2.80. The first-order valence-electron chi connectivity index (χ1n) is 6.93. The fourth-order valence-electron chi connectivity index (χ4n) is 2.81. The average molecular weight is 279 g/mol. The van der Waals surface area contributed by atoms with Gasteiger partial charge >= 0.3 is 0 Å². The number of hydrogen-bond acceptors (Lipinski definition) is 3. The lowest BCUT2D eigenvalue weighted by atomic mass is 10.1. The molecule has 1 heterocycles. The third-order valence-corrected chi connectivity index (χ3v) is 3.86. The van der Waals surface area contributed by atoms with E-state index in [4.69, 9.17) is 0 Å². The van der Waals surface area contributed by atoms with Crippen molar-refractivity contribution in [2.45, 2.75) is 6.42 Å². The van der Waals surface area contributed by atoms with Crippen LogP contribution in [0.25, 0.3) is 0 Å². The predicted octanol–water partition coefficient (Wildman–Crippen LogP) is 1.89. The maximum absolute atomic E-state index is 13.7. The Hall–Kier alpha value is -1.62. The lowest BCUT2D eigenvalue weighted by Gasteiger charge is -2.22. The van der Waals surface area contributed by atoms with E-state index in [1.807, 2.05) is 0 Å². The van der Waals surface area contributed by atoms with Crippen LogP contribution in [0.15, 0.2) is 18.2 Å². The van der Waals surface area contributed by atoms with Crippen LogP contribution in [0.3, 0.4) is 0 Å². The SMILES string of the molecule is CNc1c(F)cccc1C(=O)N(C)CC1CCN(C)C1. The van der Waals surface area contributed by atoms with Gasteiger partial charge in [-0.2, -0.15) is 0 Å². The molecule has 0 aromatic heterocycles. The molecule has 0 bridgehead atoms. The van der Waals surface area contributed by atoms with E-state index < -0.39 is 5.82 Å². The van der Waals surface area contributed by atoms with Gasteiger partial charge in [-0.15, -0.1) is 0 Å². The molecule has 0 spiro atoms. The van der Waals surface area contributed by atoms with Gasteiger partial charge in [0, 0.05) is 27.2 Å². The van der Waals surface area contributed by atoms with Crippen LogP contribution in [-0.4, -0.2) is 56.5 Å². The molecule has 0 radical (unpaired) electrons. The van der Waals surface area contributed by atoms with Crippen molar-refractivity contribution >= 4 is 11.6 Å². The highest BCUT2D eigenvalue weighted by Crippen LogP contribution is 2.22. The Morgan fingerprint density at radius 2 is 2.30 bits per heavy atom. The normalized spacial score (nSPS) is 19.1. The van der Waals surface area contributed by atoms with Crippen LogP contribution in [0.2, 0.25) is 0 Å². The van der Waals surface area contributed by atoms with Crippen LogP contribution in [0.5, 0.6) is 0 Å². The first-order valence-corrected chi connectivity index (χ1v) is 6.93. The zero-order chi connectivity index (χ0) is 14.7. The summed E-state index contributed by atoms with van der Waals surface area (Å²) in [5, 5.41) is 2.77. The van der Waals surface area contributed by atoms with Crippen molar-refractivity contribution < 1.29 is 9.18 Å². The summed E-state index contributed by atoms with van der Waals surface area (Å²) in [6, 6.07) is 4.59. The van der Waals surface area contributed by atoms with Gasteiger partial charge in [0.15, 0.2) is 0 Å². The quantitative estimate of drug-likeness (QED) is 0.914. The van der Waals surface area contributed by atoms with Crippen molar-refractivity contribution in [3.63, 3.8) is 0 Å². The molecular weight excluding hydrogens is 257 g/mol. The maximum atomic E-state index is 13.7. The van der Waals surface area contributed by atoms with E-state index >= 15 is 0 Å². The summed E-state index contributed by atoms with van der Waals surface area (Å²) in [5.41, 5.74) is 0.661. The number of anilines is 1. The molecule has 1 unspecified atom stereocenters. The van der Waals surface area contributed by atoms with Crippen LogP contribution in [-0.2, 0) is 0 Å². The van der Waals surface area contributed by atoms with Crippen molar-refractivity contribution in [3.05, 3.63) is 29.6 Å². The topological polar surface area (TPSA) is 35.6 Å². The van der Waals surface area contributed by atoms with Crippen LogP contribution in [0.1, 0.15) is 16.8 Å². The summed E-state index contributed by atoms with van der Waals surface area (Å²) in [5.74, 6) is -0.0312. The van der Waals surface area contributed by atoms with Crippen LogP contribution < -0.4 is 5.32 Å². The van der Waals surface area contributed by atoms with E-state index in [0.29, 0.717) is 18.0 Å². The van der Waals surface area contributed by atoms with Crippen LogP contribution >= 0.6 is 0 Å². The molecule has 2 rings (SSSR count). The minimum Gasteiger partial charge on any atom is -0.385 e. The highest BCUT2D eigenvalue weighted by atomic mass is 19.1. The minimum atomic E-state index is -0.396. The van der Waals surface area contributed by atoms with Gasteiger partial charge in [-0.1, -0.05) is 6.07 Å². The first-order chi connectivity index (χ1) is 9.52. The number of rotatable bonds is 4. The summed E-state index contributed by atoms with van der Waals surface area (Å²) in [7, 11) is 5.50. The Balaban J connectivity index is 2.09. The van der Waals surface area contributed by atoms with Gasteiger partial charge < -0.3 is 15.1 Å². The zero-order valence-corrected chi connectivity index (χ0v) is 12.3. The monoisotopic (exact) mass is 279 g/mol. The van der Waals surface area contributed by atoms with Crippen LogP contribution in [0.4, 0.5) is 10.1 Å². The number of halogens is 1. The molecule has 0 saturated carbocycles. The molecule has 1 aromatic carbocycles. The average Bonchev–Trinajstić information content (AvgIpc) is 2.82. The fourth-order valence-corrected chi connectivity index (χ4v) is 2.81. The Morgan fingerprint density at radius 1 is 1.55 bits per heavy atom. The van der Waals surface area contributed by atoms with E-state index in [1.54, 1.807) is 31.1 Å². The number of benzene rings is 1. The van der Waals surface area contributed by atoms with Gasteiger partial charge in [-0.05, 0) is 38.1 Å². The number of carbonyl (C=O) groups is 1. The van der Waals surface area contributed by atoms with Gasteiger partial charge in [-0.25, -0.2) is 4.39 Å². The molecule has 1 aromatic rings. The van der Waals surface area contributed by atoms with E-state index in [9.17, 15) is 9.18 Å². The molecule has 1 aliphatic rings.